The minimum absolute atomic E-state index is 0.165. The van der Waals surface area contributed by atoms with Gasteiger partial charge in [0.1, 0.15) is 0 Å². The summed E-state index contributed by atoms with van der Waals surface area (Å²) >= 11 is 0. The molecule has 0 spiro atoms. The van der Waals surface area contributed by atoms with Crippen LogP contribution in [0.5, 0.6) is 0 Å². The van der Waals surface area contributed by atoms with Crippen LogP contribution in [-0.2, 0) is 0 Å². The van der Waals surface area contributed by atoms with Crippen molar-refractivity contribution in [3.05, 3.63) is 0 Å². The summed E-state index contributed by atoms with van der Waals surface area (Å²) in [6.07, 6.45) is 1.69. The molecule has 2 N–H and O–H groups in total. The maximum Gasteiger partial charge on any atom is 0.0569 e. The lowest BCUT2D eigenvalue weighted by atomic mass is 9.98. The SMILES string of the molecule is CC1C(O)CCC1CO. The third kappa shape index (κ3) is 1.25. The molecule has 1 rings (SSSR count). The standard InChI is InChI=1S/C7H14O2/c1-5-6(4-8)2-3-7(5)9/h5-9H,2-4H2,1H3. The summed E-state index contributed by atoms with van der Waals surface area (Å²) < 4.78 is 0. The summed E-state index contributed by atoms with van der Waals surface area (Å²) in [4.78, 5) is 0. The highest BCUT2D eigenvalue weighted by Crippen LogP contribution is 2.30. The van der Waals surface area contributed by atoms with Gasteiger partial charge in [-0.05, 0) is 24.7 Å². The summed E-state index contributed by atoms with van der Waals surface area (Å²) in [5, 5.41) is 17.9. The Morgan fingerprint density at radius 3 is 2.33 bits per heavy atom. The van der Waals surface area contributed by atoms with Crippen LogP contribution in [0.1, 0.15) is 19.8 Å². The largest absolute Gasteiger partial charge is 0.396 e. The first-order chi connectivity index (χ1) is 4.25. The zero-order chi connectivity index (χ0) is 6.85. The Morgan fingerprint density at radius 1 is 1.44 bits per heavy atom. The van der Waals surface area contributed by atoms with E-state index in [1.807, 2.05) is 6.92 Å². The molecule has 0 aromatic carbocycles. The van der Waals surface area contributed by atoms with E-state index in [0.29, 0.717) is 11.8 Å². The second kappa shape index (κ2) is 2.67. The minimum atomic E-state index is -0.165. The molecule has 0 aromatic heterocycles. The van der Waals surface area contributed by atoms with Gasteiger partial charge in [0.15, 0.2) is 0 Å². The van der Waals surface area contributed by atoms with Crippen molar-refractivity contribution >= 4 is 0 Å². The molecule has 0 aliphatic heterocycles. The molecule has 1 saturated carbocycles. The Balaban J connectivity index is 2.41. The fourth-order valence-corrected chi connectivity index (χ4v) is 1.48. The van der Waals surface area contributed by atoms with Crippen molar-refractivity contribution in [2.24, 2.45) is 11.8 Å². The third-order valence-electron chi connectivity index (χ3n) is 2.42. The average Bonchev–Trinajstić information content (AvgIpc) is 2.15. The first-order valence-electron chi connectivity index (χ1n) is 3.54. The van der Waals surface area contributed by atoms with Gasteiger partial charge in [-0.15, -0.1) is 0 Å². The molecule has 0 bridgehead atoms. The maximum absolute atomic E-state index is 9.19. The molecule has 3 atom stereocenters. The van der Waals surface area contributed by atoms with Crippen LogP contribution in [0, 0.1) is 11.8 Å². The molecule has 0 saturated heterocycles. The first-order valence-corrected chi connectivity index (χ1v) is 3.54. The normalized spacial score (nSPS) is 43.7. The zero-order valence-electron chi connectivity index (χ0n) is 5.75. The third-order valence-corrected chi connectivity index (χ3v) is 2.42. The van der Waals surface area contributed by atoms with Gasteiger partial charge >= 0.3 is 0 Å². The molecule has 0 amide bonds. The van der Waals surface area contributed by atoms with Crippen molar-refractivity contribution in [1.82, 2.24) is 0 Å². The molecule has 54 valence electrons. The van der Waals surface area contributed by atoms with E-state index in [0.717, 1.165) is 12.8 Å². The monoisotopic (exact) mass is 130 g/mol. The Labute approximate surface area is 55.5 Å². The van der Waals surface area contributed by atoms with Gasteiger partial charge < -0.3 is 10.2 Å². The second-order valence-electron chi connectivity index (χ2n) is 2.95. The summed E-state index contributed by atoms with van der Waals surface area (Å²) in [6.45, 7) is 2.23. The fraction of sp³-hybridized carbons (Fsp3) is 1.00. The van der Waals surface area contributed by atoms with Gasteiger partial charge in [0, 0.05) is 6.61 Å². The minimum Gasteiger partial charge on any atom is -0.396 e. The van der Waals surface area contributed by atoms with Crippen molar-refractivity contribution < 1.29 is 10.2 Å². The summed E-state index contributed by atoms with van der Waals surface area (Å²) in [5.74, 6) is 0.648. The molecule has 0 heterocycles. The molecular weight excluding hydrogens is 116 g/mol. The van der Waals surface area contributed by atoms with Crippen LogP contribution >= 0.6 is 0 Å². The topological polar surface area (TPSA) is 40.5 Å². The fourth-order valence-electron chi connectivity index (χ4n) is 1.48. The van der Waals surface area contributed by atoms with E-state index in [9.17, 15) is 5.11 Å². The molecule has 2 heteroatoms. The van der Waals surface area contributed by atoms with E-state index in [1.54, 1.807) is 0 Å². The smallest absolute Gasteiger partial charge is 0.0569 e. The Kier molecular flexibility index (Phi) is 2.09. The van der Waals surface area contributed by atoms with Crippen LogP contribution in [0.2, 0.25) is 0 Å². The van der Waals surface area contributed by atoms with E-state index in [1.165, 1.54) is 0 Å². The van der Waals surface area contributed by atoms with Gasteiger partial charge in [-0.2, -0.15) is 0 Å². The Hall–Kier alpha value is -0.0800. The lowest BCUT2D eigenvalue weighted by Crippen LogP contribution is -2.17. The van der Waals surface area contributed by atoms with Crippen LogP contribution in [0.25, 0.3) is 0 Å². The van der Waals surface area contributed by atoms with Gasteiger partial charge in [0.2, 0.25) is 0 Å². The summed E-state index contributed by atoms with van der Waals surface area (Å²) in [6, 6.07) is 0. The van der Waals surface area contributed by atoms with Crippen LogP contribution in [0.3, 0.4) is 0 Å². The number of aliphatic hydroxyl groups excluding tert-OH is 2. The quantitative estimate of drug-likeness (QED) is 0.539. The van der Waals surface area contributed by atoms with Gasteiger partial charge in [0.25, 0.3) is 0 Å². The van der Waals surface area contributed by atoms with E-state index < -0.39 is 0 Å². The number of aliphatic hydroxyl groups is 2. The van der Waals surface area contributed by atoms with Gasteiger partial charge in [-0.1, -0.05) is 6.92 Å². The molecule has 1 aliphatic rings. The number of hydrogen-bond donors (Lipinski definition) is 2. The van der Waals surface area contributed by atoms with Gasteiger partial charge in [-0.25, -0.2) is 0 Å². The molecule has 1 fully saturated rings. The van der Waals surface area contributed by atoms with E-state index in [-0.39, 0.29) is 12.7 Å². The highest BCUT2D eigenvalue weighted by Gasteiger charge is 2.30. The van der Waals surface area contributed by atoms with E-state index in [4.69, 9.17) is 5.11 Å². The molecule has 0 radical (unpaired) electrons. The zero-order valence-corrected chi connectivity index (χ0v) is 5.75. The second-order valence-corrected chi connectivity index (χ2v) is 2.95. The molecule has 9 heavy (non-hydrogen) atoms. The number of hydrogen-bond acceptors (Lipinski definition) is 2. The summed E-state index contributed by atoms with van der Waals surface area (Å²) in [7, 11) is 0. The van der Waals surface area contributed by atoms with E-state index in [2.05, 4.69) is 0 Å². The number of rotatable bonds is 1. The maximum atomic E-state index is 9.19. The predicted octanol–water partition coefficient (Wildman–Crippen LogP) is 0.386. The molecule has 2 nitrogen and oxygen atoms in total. The molecule has 0 aromatic rings. The average molecular weight is 130 g/mol. The summed E-state index contributed by atoms with van der Waals surface area (Å²) in [5.41, 5.74) is 0. The van der Waals surface area contributed by atoms with Gasteiger partial charge in [0.05, 0.1) is 6.10 Å². The van der Waals surface area contributed by atoms with Crippen molar-refractivity contribution in [2.75, 3.05) is 6.61 Å². The van der Waals surface area contributed by atoms with Crippen molar-refractivity contribution in [3.8, 4) is 0 Å². The predicted molar refractivity (Wildman–Crippen MR) is 35.0 cm³/mol. The molecule has 1 aliphatic carbocycles. The molecule has 3 unspecified atom stereocenters. The van der Waals surface area contributed by atoms with Crippen LogP contribution in [0.15, 0.2) is 0 Å². The first kappa shape index (κ1) is 7.03. The van der Waals surface area contributed by atoms with Crippen molar-refractivity contribution in [1.29, 1.82) is 0 Å². The van der Waals surface area contributed by atoms with Gasteiger partial charge in [-0.3, -0.25) is 0 Å². The highest BCUT2D eigenvalue weighted by molar-refractivity contribution is 4.80. The van der Waals surface area contributed by atoms with Crippen LogP contribution in [-0.4, -0.2) is 22.9 Å². The van der Waals surface area contributed by atoms with E-state index >= 15 is 0 Å². The van der Waals surface area contributed by atoms with Crippen LogP contribution in [0.4, 0.5) is 0 Å². The molecular formula is C7H14O2. The lowest BCUT2D eigenvalue weighted by Gasteiger charge is -2.13. The van der Waals surface area contributed by atoms with Crippen LogP contribution < -0.4 is 0 Å². The Morgan fingerprint density at radius 2 is 2.11 bits per heavy atom. The lowest BCUT2D eigenvalue weighted by molar-refractivity contribution is 0.108. The highest BCUT2D eigenvalue weighted by atomic mass is 16.3. The van der Waals surface area contributed by atoms with Crippen molar-refractivity contribution in [2.45, 2.75) is 25.9 Å². The Bertz CT molecular complexity index is 92.9. The van der Waals surface area contributed by atoms with Crippen molar-refractivity contribution in [3.63, 3.8) is 0 Å².